The van der Waals surface area contributed by atoms with Crippen LogP contribution in [0.25, 0.3) is 0 Å². The number of carbonyl (C=O) groups is 1. The van der Waals surface area contributed by atoms with Gasteiger partial charge < -0.3 is 0 Å². The average molecular weight is 165 g/mol. The van der Waals surface area contributed by atoms with Crippen LogP contribution in [-0.4, -0.2) is 30.7 Å². The summed E-state index contributed by atoms with van der Waals surface area (Å²) in [6, 6.07) is 1.81. The minimum Gasteiger partial charge on any atom is -0.298 e. The van der Waals surface area contributed by atoms with Crippen molar-refractivity contribution in [1.29, 1.82) is 0 Å². The molecule has 1 fully saturated rings. The molecule has 64 valence electrons. The molecule has 1 aliphatic heterocycles. The summed E-state index contributed by atoms with van der Waals surface area (Å²) in [5, 5.41) is 5.35. The lowest BCUT2D eigenvalue weighted by Gasteiger charge is -2.17. The van der Waals surface area contributed by atoms with Gasteiger partial charge in [0.2, 0.25) is 0 Å². The molecule has 0 unspecified atom stereocenters. The summed E-state index contributed by atoms with van der Waals surface area (Å²) in [5.41, 5.74) is 0.724. The average Bonchev–Trinajstić information content (AvgIpc) is 2.75. The van der Waals surface area contributed by atoms with E-state index in [2.05, 4.69) is 10.3 Å². The zero-order chi connectivity index (χ0) is 8.39. The van der Waals surface area contributed by atoms with Gasteiger partial charge in [-0.25, -0.2) is 0 Å². The van der Waals surface area contributed by atoms with Crippen LogP contribution in [0.15, 0.2) is 18.5 Å². The minimum atomic E-state index is 0.724. The van der Waals surface area contributed by atoms with Gasteiger partial charge in [-0.15, -0.1) is 0 Å². The summed E-state index contributed by atoms with van der Waals surface area (Å²) < 4.78 is 1.95. The van der Waals surface area contributed by atoms with Crippen LogP contribution in [0.4, 0.5) is 0 Å². The number of hydrogen-bond donors (Lipinski definition) is 1. The monoisotopic (exact) mass is 165 g/mol. The first-order valence-electron chi connectivity index (χ1n) is 3.99. The van der Waals surface area contributed by atoms with Crippen LogP contribution in [-0.2, 0) is 0 Å². The zero-order valence-corrected chi connectivity index (χ0v) is 6.73. The highest BCUT2D eigenvalue weighted by Gasteiger charge is 2.10. The van der Waals surface area contributed by atoms with E-state index in [-0.39, 0.29) is 0 Å². The Labute approximate surface area is 70.7 Å². The highest BCUT2D eigenvalue weighted by molar-refractivity contribution is 5.74. The lowest BCUT2D eigenvalue weighted by molar-refractivity contribution is 0.112. The maximum Gasteiger partial charge on any atom is 0.151 e. The van der Waals surface area contributed by atoms with Crippen molar-refractivity contribution in [3.63, 3.8) is 0 Å². The molecule has 1 N–H and O–H groups in total. The summed E-state index contributed by atoms with van der Waals surface area (Å²) in [5.74, 6) is 0. The SMILES string of the molecule is O=Cc1ccn(N2CCNC2)c1. The van der Waals surface area contributed by atoms with E-state index in [1.807, 2.05) is 23.1 Å². The van der Waals surface area contributed by atoms with Gasteiger partial charge in [0.05, 0.1) is 6.67 Å². The molecule has 0 spiro atoms. The van der Waals surface area contributed by atoms with Crippen LogP contribution in [0.2, 0.25) is 0 Å². The standard InChI is InChI=1S/C8H11N3O/c12-6-8-1-3-10(5-8)11-4-2-9-7-11/h1,3,5-6,9H,2,4,7H2. The highest BCUT2D eigenvalue weighted by atomic mass is 16.1. The summed E-state index contributed by atoms with van der Waals surface area (Å²) >= 11 is 0. The second-order valence-corrected chi connectivity index (χ2v) is 2.83. The molecule has 4 heteroatoms. The molecule has 0 aliphatic carbocycles. The van der Waals surface area contributed by atoms with Crippen LogP contribution in [0.1, 0.15) is 10.4 Å². The van der Waals surface area contributed by atoms with Gasteiger partial charge >= 0.3 is 0 Å². The quantitative estimate of drug-likeness (QED) is 0.617. The first-order valence-corrected chi connectivity index (χ1v) is 3.99. The molecule has 0 aromatic carbocycles. The fourth-order valence-corrected chi connectivity index (χ4v) is 1.34. The Bertz CT molecular complexity index is 276. The highest BCUT2D eigenvalue weighted by Crippen LogP contribution is 2.00. The van der Waals surface area contributed by atoms with E-state index in [0.717, 1.165) is 31.6 Å². The molecule has 0 bridgehead atoms. The normalized spacial score (nSPS) is 16.8. The Morgan fingerprint density at radius 2 is 2.50 bits per heavy atom. The number of aldehydes is 1. The summed E-state index contributed by atoms with van der Waals surface area (Å²) in [7, 11) is 0. The lowest BCUT2D eigenvalue weighted by atomic mass is 10.4. The van der Waals surface area contributed by atoms with E-state index in [4.69, 9.17) is 0 Å². The molecule has 0 saturated carbocycles. The van der Waals surface area contributed by atoms with Gasteiger partial charge in [0.1, 0.15) is 0 Å². The van der Waals surface area contributed by atoms with Crippen molar-refractivity contribution in [1.82, 2.24) is 9.99 Å². The van der Waals surface area contributed by atoms with Gasteiger partial charge in [0.15, 0.2) is 6.29 Å². The third kappa shape index (κ3) is 1.21. The van der Waals surface area contributed by atoms with Crippen LogP contribution in [0, 0.1) is 0 Å². The van der Waals surface area contributed by atoms with Gasteiger partial charge in [-0.3, -0.25) is 19.8 Å². The molecule has 1 aromatic rings. The number of nitrogens with one attached hydrogen (secondary N) is 1. The number of carbonyl (C=O) groups excluding carboxylic acids is 1. The van der Waals surface area contributed by atoms with E-state index in [1.54, 1.807) is 0 Å². The van der Waals surface area contributed by atoms with Gasteiger partial charge in [-0.1, -0.05) is 0 Å². The molecule has 4 nitrogen and oxygen atoms in total. The Balaban J connectivity index is 2.16. The fraction of sp³-hybridized carbons (Fsp3) is 0.375. The third-order valence-corrected chi connectivity index (χ3v) is 2.00. The molecule has 0 amide bonds. The first kappa shape index (κ1) is 7.36. The smallest absolute Gasteiger partial charge is 0.151 e. The number of nitrogens with zero attached hydrogens (tertiary/aromatic N) is 2. The van der Waals surface area contributed by atoms with E-state index in [1.165, 1.54) is 0 Å². The fourth-order valence-electron chi connectivity index (χ4n) is 1.34. The molecular weight excluding hydrogens is 154 g/mol. The summed E-state index contributed by atoms with van der Waals surface area (Å²) in [6.45, 7) is 2.86. The van der Waals surface area contributed by atoms with E-state index in [0.29, 0.717) is 0 Å². The molecule has 12 heavy (non-hydrogen) atoms. The minimum absolute atomic E-state index is 0.724. The second-order valence-electron chi connectivity index (χ2n) is 2.83. The van der Waals surface area contributed by atoms with Gasteiger partial charge in [-0.2, -0.15) is 0 Å². The summed E-state index contributed by atoms with van der Waals surface area (Å²) in [6.07, 6.45) is 4.59. The lowest BCUT2D eigenvalue weighted by Crippen LogP contribution is -2.31. The van der Waals surface area contributed by atoms with Gasteiger partial charge in [0, 0.05) is 31.0 Å². The number of hydrogen-bond acceptors (Lipinski definition) is 3. The summed E-state index contributed by atoms with van der Waals surface area (Å²) in [4.78, 5) is 10.4. The Hall–Kier alpha value is -1.29. The predicted octanol–water partition coefficient (Wildman–Crippen LogP) is -0.201. The zero-order valence-electron chi connectivity index (χ0n) is 6.73. The molecule has 0 atom stereocenters. The molecule has 1 aromatic heterocycles. The van der Waals surface area contributed by atoms with Crippen LogP contribution < -0.4 is 10.3 Å². The van der Waals surface area contributed by atoms with Crippen molar-refractivity contribution in [2.75, 3.05) is 24.8 Å². The molecule has 0 radical (unpaired) electrons. The molecule has 1 aliphatic rings. The van der Waals surface area contributed by atoms with Crippen molar-refractivity contribution < 1.29 is 4.79 Å². The number of aromatic nitrogens is 1. The number of rotatable bonds is 2. The van der Waals surface area contributed by atoms with E-state index in [9.17, 15) is 4.79 Å². The van der Waals surface area contributed by atoms with E-state index < -0.39 is 0 Å². The predicted molar refractivity (Wildman–Crippen MR) is 45.8 cm³/mol. The van der Waals surface area contributed by atoms with Crippen molar-refractivity contribution >= 4 is 6.29 Å². The topological polar surface area (TPSA) is 37.3 Å². The van der Waals surface area contributed by atoms with Gasteiger partial charge in [-0.05, 0) is 6.07 Å². The van der Waals surface area contributed by atoms with Crippen LogP contribution in [0.5, 0.6) is 0 Å². The first-order chi connectivity index (χ1) is 5.90. The van der Waals surface area contributed by atoms with Crippen LogP contribution in [0.3, 0.4) is 0 Å². The maximum absolute atomic E-state index is 10.4. The Morgan fingerprint density at radius 3 is 3.08 bits per heavy atom. The molecule has 2 rings (SSSR count). The van der Waals surface area contributed by atoms with Crippen molar-refractivity contribution in [2.45, 2.75) is 0 Å². The van der Waals surface area contributed by atoms with Crippen molar-refractivity contribution in [2.24, 2.45) is 0 Å². The van der Waals surface area contributed by atoms with Crippen molar-refractivity contribution in [3.8, 4) is 0 Å². The third-order valence-electron chi connectivity index (χ3n) is 2.00. The largest absolute Gasteiger partial charge is 0.298 e. The van der Waals surface area contributed by atoms with E-state index >= 15 is 0 Å². The van der Waals surface area contributed by atoms with Crippen LogP contribution >= 0.6 is 0 Å². The van der Waals surface area contributed by atoms with Gasteiger partial charge in [0.25, 0.3) is 0 Å². The molecular formula is C8H11N3O. The Kier molecular flexibility index (Phi) is 1.83. The van der Waals surface area contributed by atoms with Crippen molar-refractivity contribution in [3.05, 3.63) is 24.0 Å². The Morgan fingerprint density at radius 1 is 1.58 bits per heavy atom. The maximum atomic E-state index is 10.4. The second kappa shape index (κ2) is 2.98. The molecule has 1 saturated heterocycles. The molecule has 2 heterocycles.